The topological polar surface area (TPSA) is 60.2 Å². The van der Waals surface area contributed by atoms with Gasteiger partial charge in [-0.15, -0.1) is 17.5 Å². The summed E-state index contributed by atoms with van der Waals surface area (Å²) in [5, 5.41) is 13.7. The van der Waals surface area contributed by atoms with Crippen molar-refractivity contribution in [2.75, 3.05) is 0 Å². The number of pyridine rings is 2. The van der Waals surface area contributed by atoms with E-state index in [9.17, 15) is 5.11 Å². The molecule has 6 heteroatoms. The van der Waals surface area contributed by atoms with E-state index >= 15 is 0 Å². The maximum atomic E-state index is 10.7. The molecule has 0 fully saturated rings. The first-order valence-corrected chi connectivity index (χ1v) is 15.7. The van der Waals surface area contributed by atoms with Crippen molar-refractivity contribution in [3.05, 3.63) is 145 Å². The molecule has 0 bridgehead atoms. The summed E-state index contributed by atoms with van der Waals surface area (Å²) in [5.74, 6) is 1.81. The summed E-state index contributed by atoms with van der Waals surface area (Å²) in [4.78, 5) is 9.56. The van der Waals surface area contributed by atoms with Gasteiger partial charge in [0.05, 0.1) is 0 Å². The van der Waals surface area contributed by atoms with Crippen molar-refractivity contribution in [3.63, 3.8) is 0 Å². The molecule has 0 radical (unpaired) electrons. The van der Waals surface area contributed by atoms with E-state index in [1.54, 1.807) is 6.07 Å². The smallest absolute Gasteiger partial charge is 0.217 e. The molecule has 0 amide bonds. The van der Waals surface area contributed by atoms with Gasteiger partial charge in [-0.1, -0.05) is 105 Å². The van der Waals surface area contributed by atoms with Crippen molar-refractivity contribution in [3.8, 4) is 45.5 Å². The molecule has 0 aliphatic carbocycles. The molecule has 0 aliphatic heterocycles. The minimum absolute atomic E-state index is 0. The summed E-state index contributed by atoms with van der Waals surface area (Å²) >= 11 is 0. The Morgan fingerprint density at radius 1 is 0.667 bits per heavy atom. The quantitative estimate of drug-likeness (QED) is 0.176. The number of ether oxygens (including phenoxy) is 1. The van der Waals surface area contributed by atoms with Crippen LogP contribution in [0.3, 0.4) is 0 Å². The summed E-state index contributed by atoms with van der Waals surface area (Å²) < 4.78 is 8.48. The van der Waals surface area contributed by atoms with Gasteiger partial charge < -0.3 is 14.4 Å². The first-order valence-electron chi connectivity index (χ1n) is 15.7. The number of aromatic hydroxyl groups is 1. The molecule has 5 nitrogen and oxygen atoms in total. The molecule has 8 rings (SSSR count). The second kappa shape index (κ2) is 12.4. The standard InChI is InChI=1S/C42H32N3O2.Pt/c1-42(2,3)35-18-20-38(46)41-33(35)17-21-40(44-41)47-31-15-16-32-34-24-29(27-10-6-4-7-11-27)14-19-36(34)45(37(32)26-31)39-25-30(22-23-43-39)28-12-8-5-9-13-28;/h4-25,46H,1-3H3;/q-1;. The first kappa shape index (κ1) is 31.4. The molecule has 8 aromatic rings. The molecule has 0 spiro atoms. The second-order valence-corrected chi connectivity index (χ2v) is 12.8. The molecule has 0 unspecified atom stereocenters. The van der Waals surface area contributed by atoms with Crippen molar-refractivity contribution in [1.29, 1.82) is 0 Å². The number of fused-ring (bicyclic) bond motifs is 4. The Kier molecular flexibility index (Phi) is 8.10. The number of rotatable bonds is 5. The van der Waals surface area contributed by atoms with Crippen LogP contribution in [0.25, 0.3) is 60.8 Å². The third-order valence-corrected chi connectivity index (χ3v) is 8.67. The van der Waals surface area contributed by atoms with E-state index in [2.05, 4.69) is 98.1 Å². The van der Waals surface area contributed by atoms with Crippen LogP contribution in [0.4, 0.5) is 0 Å². The average Bonchev–Trinajstić information content (AvgIpc) is 3.42. The van der Waals surface area contributed by atoms with Crippen LogP contribution < -0.4 is 4.74 Å². The van der Waals surface area contributed by atoms with Crippen LogP contribution in [-0.4, -0.2) is 19.6 Å². The zero-order valence-corrected chi connectivity index (χ0v) is 29.0. The van der Waals surface area contributed by atoms with Crippen LogP contribution in [0.2, 0.25) is 0 Å². The number of hydrogen-bond acceptors (Lipinski definition) is 4. The van der Waals surface area contributed by atoms with Crippen LogP contribution in [0.15, 0.2) is 134 Å². The zero-order valence-electron chi connectivity index (χ0n) is 26.7. The molecular weight excluding hydrogens is 774 g/mol. The van der Waals surface area contributed by atoms with Gasteiger partial charge in [0, 0.05) is 50.0 Å². The SMILES string of the molecule is CC(C)(C)c1ccc(O)c2nc(Oc3[c-]c4c(cc3)c3cc(-c5ccccc5)ccc3n4-c3cc(-c4ccccc4)ccn3)ccc12.[Pt]. The Morgan fingerprint density at radius 3 is 2.06 bits per heavy atom. The van der Waals surface area contributed by atoms with E-state index in [1.165, 1.54) is 0 Å². The van der Waals surface area contributed by atoms with Crippen LogP contribution in [0.5, 0.6) is 17.4 Å². The molecule has 0 saturated heterocycles. The molecule has 3 heterocycles. The molecule has 3 aromatic heterocycles. The molecule has 238 valence electrons. The van der Waals surface area contributed by atoms with Gasteiger partial charge in [0.2, 0.25) is 5.88 Å². The van der Waals surface area contributed by atoms with Gasteiger partial charge in [-0.05, 0) is 69.0 Å². The number of phenolic OH excluding ortho intramolecular Hbond substituents is 1. The van der Waals surface area contributed by atoms with Crippen LogP contribution in [0.1, 0.15) is 26.3 Å². The van der Waals surface area contributed by atoms with Gasteiger partial charge in [0.25, 0.3) is 0 Å². The summed E-state index contributed by atoms with van der Waals surface area (Å²) in [6.45, 7) is 6.46. The number of phenols is 1. The third kappa shape index (κ3) is 5.65. The molecule has 0 aliphatic rings. The van der Waals surface area contributed by atoms with Crippen molar-refractivity contribution in [2.24, 2.45) is 0 Å². The van der Waals surface area contributed by atoms with Crippen molar-refractivity contribution >= 4 is 32.7 Å². The molecule has 5 aromatic carbocycles. The minimum atomic E-state index is -0.103. The third-order valence-electron chi connectivity index (χ3n) is 8.67. The van der Waals surface area contributed by atoms with E-state index in [-0.39, 0.29) is 32.2 Å². The van der Waals surface area contributed by atoms with Crippen molar-refractivity contribution < 1.29 is 30.9 Å². The van der Waals surface area contributed by atoms with Crippen LogP contribution >= 0.6 is 0 Å². The molecular formula is C42H32N3O2Pt-. The van der Waals surface area contributed by atoms with Gasteiger partial charge in [-0.2, -0.15) is 6.07 Å². The normalized spacial score (nSPS) is 11.6. The number of nitrogens with zero attached hydrogens (tertiary/aromatic N) is 3. The summed E-state index contributed by atoms with van der Waals surface area (Å²) in [5.41, 5.74) is 7.89. The van der Waals surface area contributed by atoms with Gasteiger partial charge in [0.1, 0.15) is 17.1 Å². The van der Waals surface area contributed by atoms with Crippen LogP contribution in [0, 0.1) is 6.07 Å². The summed E-state index contributed by atoms with van der Waals surface area (Å²) in [6, 6.07) is 46.5. The average molecular weight is 806 g/mol. The molecule has 1 N–H and O–H groups in total. The fraction of sp³-hybridized carbons (Fsp3) is 0.0952. The predicted octanol–water partition coefficient (Wildman–Crippen LogP) is 10.7. The Bertz CT molecular complexity index is 2430. The number of hydrogen-bond donors (Lipinski definition) is 1. The first-order chi connectivity index (χ1) is 22.8. The Morgan fingerprint density at radius 2 is 1.35 bits per heavy atom. The summed E-state index contributed by atoms with van der Waals surface area (Å²) in [6.07, 6.45) is 1.85. The van der Waals surface area contributed by atoms with Gasteiger partial charge in [0.15, 0.2) is 0 Å². The van der Waals surface area contributed by atoms with Gasteiger partial charge in [-0.3, -0.25) is 0 Å². The van der Waals surface area contributed by atoms with E-state index in [0.29, 0.717) is 17.1 Å². The van der Waals surface area contributed by atoms with E-state index in [0.717, 1.165) is 60.8 Å². The van der Waals surface area contributed by atoms with Crippen LogP contribution in [-0.2, 0) is 26.5 Å². The number of benzene rings is 5. The van der Waals surface area contributed by atoms with Gasteiger partial charge >= 0.3 is 0 Å². The Balaban J connectivity index is 0.00000364. The van der Waals surface area contributed by atoms with Crippen molar-refractivity contribution in [2.45, 2.75) is 26.2 Å². The van der Waals surface area contributed by atoms with E-state index < -0.39 is 0 Å². The fourth-order valence-electron chi connectivity index (χ4n) is 6.39. The monoisotopic (exact) mass is 805 g/mol. The largest absolute Gasteiger partial charge is 0.506 e. The zero-order chi connectivity index (χ0) is 32.1. The number of aromatic nitrogens is 3. The summed E-state index contributed by atoms with van der Waals surface area (Å²) in [7, 11) is 0. The van der Waals surface area contributed by atoms with Gasteiger partial charge in [-0.25, -0.2) is 9.97 Å². The molecule has 0 saturated carbocycles. The maximum absolute atomic E-state index is 10.7. The maximum Gasteiger partial charge on any atom is 0.217 e. The van der Waals surface area contributed by atoms with E-state index in [1.807, 2.05) is 60.8 Å². The Hall–Kier alpha value is -5.25. The van der Waals surface area contributed by atoms with E-state index in [4.69, 9.17) is 14.7 Å². The minimum Gasteiger partial charge on any atom is -0.506 e. The second-order valence-electron chi connectivity index (χ2n) is 12.8. The molecule has 0 atom stereocenters. The Labute approximate surface area is 293 Å². The fourth-order valence-corrected chi connectivity index (χ4v) is 6.39. The van der Waals surface area contributed by atoms with Crippen molar-refractivity contribution in [1.82, 2.24) is 14.5 Å². The molecule has 48 heavy (non-hydrogen) atoms. The predicted molar refractivity (Wildman–Crippen MR) is 190 cm³/mol.